The molecule has 0 spiro atoms. The van der Waals surface area contributed by atoms with Crippen molar-refractivity contribution in [3.63, 3.8) is 0 Å². The highest BCUT2D eigenvalue weighted by Crippen LogP contribution is 2.31. The molecule has 0 fully saturated rings. The van der Waals surface area contributed by atoms with E-state index in [4.69, 9.17) is 10.3 Å². The van der Waals surface area contributed by atoms with Crippen molar-refractivity contribution in [3.8, 4) is 11.3 Å². The van der Waals surface area contributed by atoms with Gasteiger partial charge >= 0.3 is 0 Å². The van der Waals surface area contributed by atoms with Crippen LogP contribution in [0.5, 0.6) is 0 Å². The predicted octanol–water partition coefficient (Wildman–Crippen LogP) is 3.67. The van der Waals surface area contributed by atoms with Crippen LogP contribution in [0.1, 0.15) is 19.4 Å². The van der Waals surface area contributed by atoms with Crippen molar-refractivity contribution in [2.24, 2.45) is 5.92 Å². The molecule has 3 aromatic rings. The van der Waals surface area contributed by atoms with E-state index in [1.165, 1.54) is 0 Å². The maximum Gasteiger partial charge on any atom is 0.172 e. The lowest BCUT2D eigenvalue weighted by molar-refractivity contribution is 0.434. The summed E-state index contributed by atoms with van der Waals surface area (Å²) in [6, 6.07) is 10.0. The Balaban J connectivity index is 2.11. The number of hydrogen-bond acceptors (Lipinski definition) is 4. The summed E-state index contributed by atoms with van der Waals surface area (Å²) in [5.41, 5.74) is 8.87. The molecule has 102 valence electrons. The fraction of sp³-hybridized carbons (Fsp3) is 0.250. The highest BCUT2D eigenvalue weighted by atomic mass is 16.5. The lowest BCUT2D eigenvalue weighted by atomic mass is 9.99. The van der Waals surface area contributed by atoms with Gasteiger partial charge in [0.2, 0.25) is 0 Å². The fourth-order valence-electron chi connectivity index (χ4n) is 2.37. The Morgan fingerprint density at radius 1 is 1.25 bits per heavy atom. The molecule has 1 aromatic carbocycles. The maximum absolute atomic E-state index is 5.92. The second kappa shape index (κ2) is 4.96. The average Bonchev–Trinajstić information content (AvgIpc) is 2.79. The summed E-state index contributed by atoms with van der Waals surface area (Å²) in [5, 5.41) is 4.99. The van der Waals surface area contributed by atoms with Crippen LogP contribution in [-0.4, -0.2) is 10.1 Å². The summed E-state index contributed by atoms with van der Waals surface area (Å²) in [5.74, 6) is 1.75. The number of benzene rings is 1. The Labute approximate surface area is 117 Å². The molecule has 0 amide bonds. The van der Waals surface area contributed by atoms with Gasteiger partial charge in [0.15, 0.2) is 11.6 Å². The smallest absolute Gasteiger partial charge is 0.172 e. The van der Waals surface area contributed by atoms with Crippen LogP contribution in [0.4, 0.5) is 5.82 Å². The SMILES string of the molecule is CC(C)Cc1c(N)noc1-c1ccc2ncccc2c1. The summed E-state index contributed by atoms with van der Waals surface area (Å²) < 4.78 is 5.44. The van der Waals surface area contributed by atoms with Gasteiger partial charge in [0.1, 0.15) is 0 Å². The number of rotatable bonds is 3. The van der Waals surface area contributed by atoms with Crippen molar-refractivity contribution in [1.29, 1.82) is 0 Å². The van der Waals surface area contributed by atoms with Gasteiger partial charge in [-0.2, -0.15) is 0 Å². The molecular formula is C16H17N3O. The number of fused-ring (bicyclic) bond motifs is 1. The molecule has 3 rings (SSSR count). The van der Waals surface area contributed by atoms with Crippen LogP contribution >= 0.6 is 0 Å². The molecule has 0 aliphatic carbocycles. The number of hydrogen-bond donors (Lipinski definition) is 1. The van der Waals surface area contributed by atoms with Crippen molar-refractivity contribution < 1.29 is 4.52 Å². The van der Waals surface area contributed by atoms with E-state index in [2.05, 4.69) is 30.1 Å². The monoisotopic (exact) mass is 267 g/mol. The van der Waals surface area contributed by atoms with Crippen LogP contribution in [0.15, 0.2) is 41.1 Å². The van der Waals surface area contributed by atoms with E-state index < -0.39 is 0 Å². The van der Waals surface area contributed by atoms with Gasteiger partial charge in [0.05, 0.1) is 5.52 Å². The minimum atomic E-state index is 0.486. The molecule has 0 aliphatic heterocycles. The van der Waals surface area contributed by atoms with Crippen LogP contribution in [0.2, 0.25) is 0 Å². The third-order valence-electron chi connectivity index (χ3n) is 3.30. The first kappa shape index (κ1) is 12.7. The highest BCUT2D eigenvalue weighted by molar-refractivity contribution is 5.84. The zero-order valence-corrected chi connectivity index (χ0v) is 11.6. The first-order valence-electron chi connectivity index (χ1n) is 6.74. The quantitative estimate of drug-likeness (QED) is 0.786. The third kappa shape index (κ3) is 2.25. The van der Waals surface area contributed by atoms with Gasteiger partial charge in [-0.25, -0.2) is 0 Å². The van der Waals surface area contributed by atoms with E-state index in [-0.39, 0.29) is 0 Å². The van der Waals surface area contributed by atoms with Gasteiger partial charge in [0.25, 0.3) is 0 Å². The number of nitrogen functional groups attached to an aromatic ring is 1. The van der Waals surface area contributed by atoms with E-state index >= 15 is 0 Å². The second-order valence-electron chi connectivity index (χ2n) is 5.38. The van der Waals surface area contributed by atoms with E-state index in [9.17, 15) is 0 Å². The Morgan fingerprint density at radius 2 is 2.10 bits per heavy atom. The van der Waals surface area contributed by atoms with Gasteiger partial charge in [-0.3, -0.25) is 4.98 Å². The summed E-state index contributed by atoms with van der Waals surface area (Å²) in [6.45, 7) is 4.31. The summed E-state index contributed by atoms with van der Waals surface area (Å²) in [4.78, 5) is 4.32. The Morgan fingerprint density at radius 3 is 2.90 bits per heavy atom. The van der Waals surface area contributed by atoms with E-state index in [0.717, 1.165) is 34.2 Å². The van der Waals surface area contributed by atoms with E-state index in [0.29, 0.717) is 11.7 Å². The van der Waals surface area contributed by atoms with Gasteiger partial charge in [-0.05, 0) is 36.6 Å². The molecule has 0 atom stereocenters. The average molecular weight is 267 g/mol. The minimum absolute atomic E-state index is 0.486. The molecule has 4 heteroatoms. The first-order chi connectivity index (χ1) is 9.65. The van der Waals surface area contributed by atoms with Gasteiger partial charge in [-0.1, -0.05) is 25.1 Å². The maximum atomic E-state index is 5.92. The molecule has 4 nitrogen and oxygen atoms in total. The Hall–Kier alpha value is -2.36. The topological polar surface area (TPSA) is 64.9 Å². The summed E-state index contributed by atoms with van der Waals surface area (Å²) in [6.07, 6.45) is 2.65. The van der Waals surface area contributed by atoms with Crippen LogP contribution in [0.3, 0.4) is 0 Å². The molecule has 2 N–H and O–H groups in total. The lowest BCUT2D eigenvalue weighted by Gasteiger charge is -2.06. The standard InChI is InChI=1S/C16H17N3O/c1-10(2)8-13-15(20-19-16(13)17)12-5-6-14-11(9-12)4-3-7-18-14/h3-7,9-10H,8H2,1-2H3,(H2,17,19). The van der Waals surface area contributed by atoms with Crippen LogP contribution < -0.4 is 5.73 Å². The van der Waals surface area contributed by atoms with Crippen molar-refractivity contribution in [2.45, 2.75) is 20.3 Å². The number of pyridine rings is 1. The number of anilines is 1. The normalized spacial score (nSPS) is 11.3. The highest BCUT2D eigenvalue weighted by Gasteiger charge is 2.17. The molecule has 0 saturated heterocycles. The summed E-state index contributed by atoms with van der Waals surface area (Å²) >= 11 is 0. The zero-order chi connectivity index (χ0) is 14.1. The number of aromatic nitrogens is 2. The molecule has 0 aliphatic rings. The van der Waals surface area contributed by atoms with Gasteiger partial charge < -0.3 is 10.3 Å². The second-order valence-corrected chi connectivity index (χ2v) is 5.38. The zero-order valence-electron chi connectivity index (χ0n) is 11.6. The molecule has 0 bridgehead atoms. The van der Waals surface area contributed by atoms with Crippen molar-refractivity contribution in [3.05, 3.63) is 42.1 Å². The molecule has 2 heterocycles. The molecule has 0 radical (unpaired) electrons. The van der Waals surface area contributed by atoms with Crippen LogP contribution in [0.25, 0.3) is 22.2 Å². The molecular weight excluding hydrogens is 250 g/mol. The van der Waals surface area contributed by atoms with E-state index in [1.807, 2.05) is 24.3 Å². The van der Waals surface area contributed by atoms with Crippen molar-refractivity contribution in [2.75, 3.05) is 5.73 Å². The molecule has 20 heavy (non-hydrogen) atoms. The van der Waals surface area contributed by atoms with Gasteiger partial charge in [0, 0.05) is 22.7 Å². The van der Waals surface area contributed by atoms with Gasteiger partial charge in [-0.15, -0.1) is 0 Å². The predicted molar refractivity (Wildman–Crippen MR) is 80.2 cm³/mol. The Bertz CT molecular complexity index is 746. The van der Waals surface area contributed by atoms with Crippen LogP contribution in [-0.2, 0) is 6.42 Å². The van der Waals surface area contributed by atoms with Crippen molar-refractivity contribution in [1.82, 2.24) is 10.1 Å². The summed E-state index contributed by atoms with van der Waals surface area (Å²) in [7, 11) is 0. The number of nitrogens with two attached hydrogens (primary N) is 1. The molecule has 0 saturated carbocycles. The largest absolute Gasteiger partial charge is 0.381 e. The molecule has 0 unspecified atom stereocenters. The van der Waals surface area contributed by atoms with Crippen molar-refractivity contribution >= 4 is 16.7 Å². The Kier molecular flexibility index (Phi) is 3.14. The third-order valence-corrected chi connectivity index (χ3v) is 3.30. The number of nitrogens with zero attached hydrogens (tertiary/aromatic N) is 2. The minimum Gasteiger partial charge on any atom is -0.381 e. The van der Waals surface area contributed by atoms with Crippen LogP contribution in [0, 0.1) is 5.92 Å². The van der Waals surface area contributed by atoms with E-state index in [1.54, 1.807) is 6.20 Å². The molecule has 2 aromatic heterocycles. The first-order valence-corrected chi connectivity index (χ1v) is 6.74. The fourth-order valence-corrected chi connectivity index (χ4v) is 2.37. The lowest BCUT2D eigenvalue weighted by Crippen LogP contribution is -1.99.